The van der Waals surface area contributed by atoms with Gasteiger partial charge in [-0.05, 0) is 58.6 Å². The molecule has 90 valence electrons. The minimum atomic E-state index is -0.189. The quantitative estimate of drug-likeness (QED) is 0.574. The Labute approximate surface area is 124 Å². The number of halogens is 3. The van der Waals surface area contributed by atoms with Gasteiger partial charge in [-0.2, -0.15) is 0 Å². The molecule has 0 aliphatic rings. The van der Waals surface area contributed by atoms with Crippen molar-refractivity contribution in [2.75, 3.05) is 0 Å². The molecule has 2 aromatic rings. The van der Waals surface area contributed by atoms with E-state index >= 15 is 0 Å². The van der Waals surface area contributed by atoms with Crippen molar-refractivity contribution in [3.05, 3.63) is 54.6 Å². The maximum absolute atomic E-state index is 6.51. The van der Waals surface area contributed by atoms with Gasteiger partial charge in [-0.1, -0.05) is 23.7 Å². The van der Waals surface area contributed by atoms with Crippen LogP contribution in [0.1, 0.15) is 26.9 Å². The molecule has 0 spiro atoms. The van der Waals surface area contributed by atoms with Crippen LogP contribution in [0.25, 0.3) is 0 Å². The minimum absolute atomic E-state index is 0.189. The molecule has 0 radical (unpaired) electrons. The number of thiophene rings is 1. The second kappa shape index (κ2) is 5.31. The third-order valence-corrected chi connectivity index (χ3v) is 4.99. The van der Waals surface area contributed by atoms with Gasteiger partial charge in [-0.25, -0.2) is 0 Å². The number of aryl methyl sites for hydroxylation is 2. The van der Waals surface area contributed by atoms with E-state index in [1.54, 1.807) is 11.3 Å². The summed E-state index contributed by atoms with van der Waals surface area (Å²) in [7, 11) is 0. The molecule has 1 atom stereocenters. The fourth-order valence-corrected chi connectivity index (χ4v) is 4.35. The van der Waals surface area contributed by atoms with Crippen LogP contribution in [0.2, 0.25) is 5.02 Å². The first kappa shape index (κ1) is 13.4. The lowest BCUT2D eigenvalue weighted by Gasteiger charge is -2.12. The number of hydrogen-bond donors (Lipinski definition) is 0. The Morgan fingerprint density at radius 2 is 1.88 bits per heavy atom. The zero-order chi connectivity index (χ0) is 12.6. The molecule has 2 rings (SSSR count). The van der Waals surface area contributed by atoms with E-state index in [0.717, 1.165) is 25.5 Å². The van der Waals surface area contributed by atoms with Crippen molar-refractivity contribution in [3.8, 4) is 0 Å². The number of alkyl halides is 1. The zero-order valence-corrected chi connectivity index (χ0v) is 13.3. The molecule has 0 bridgehead atoms. The number of hydrogen-bond acceptors (Lipinski definition) is 1. The SMILES string of the molecule is Cc1ccc(C(Cl)c2cc(Br)sc2C)c(Cl)c1. The first-order chi connectivity index (χ1) is 7.99. The highest BCUT2D eigenvalue weighted by Gasteiger charge is 2.18. The Kier molecular flexibility index (Phi) is 4.19. The van der Waals surface area contributed by atoms with Crippen molar-refractivity contribution in [2.45, 2.75) is 19.2 Å². The lowest BCUT2D eigenvalue weighted by Crippen LogP contribution is -1.94. The van der Waals surface area contributed by atoms with E-state index in [-0.39, 0.29) is 5.38 Å². The molecule has 0 aliphatic heterocycles. The van der Waals surface area contributed by atoms with Gasteiger partial charge >= 0.3 is 0 Å². The first-order valence-corrected chi connectivity index (χ1v) is 7.57. The summed E-state index contributed by atoms with van der Waals surface area (Å²) in [6.07, 6.45) is 0. The van der Waals surface area contributed by atoms with Gasteiger partial charge in [0.05, 0.1) is 9.16 Å². The third kappa shape index (κ3) is 2.87. The number of benzene rings is 1. The molecule has 0 saturated heterocycles. The van der Waals surface area contributed by atoms with Gasteiger partial charge in [0.25, 0.3) is 0 Å². The molecule has 0 saturated carbocycles. The smallest absolute Gasteiger partial charge is 0.0860 e. The lowest BCUT2D eigenvalue weighted by atomic mass is 10.0. The van der Waals surface area contributed by atoms with Crippen molar-refractivity contribution in [1.82, 2.24) is 0 Å². The topological polar surface area (TPSA) is 0 Å². The molecule has 17 heavy (non-hydrogen) atoms. The van der Waals surface area contributed by atoms with Crippen LogP contribution in [-0.2, 0) is 0 Å². The monoisotopic (exact) mass is 348 g/mol. The van der Waals surface area contributed by atoms with Gasteiger partial charge in [-0.3, -0.25) is 0 Å². The molecular weight excluding hydrogens is 339 g/mol. The van der Waals surface area contributed by atoms with E-state index in [4.69, 9.17) is 23.2 Å². The predicted molar refractivity (Wildman–Crippen MR) is 80.6 cm³/mol. The number of rotatable bonds is 2. The lowest BCUT2D eigenvalue weighted by molar-refractivity contribution is 1.13. The average molecular weight is 350 g/mol. The van der Waals surface area contributed by atoms with Crippen LogP contribution in [0.15, 0.2) is 28.1 Å². The van der Waals surface area contributed by atoms with E-state index in [1.807, 2.05) is 25.1 Å². The van der Waals surface area contributed by atoms with Crippen LogP contribution in [0.5, 0.6) is 0 Å². The van der Waals surface area contributed by atoms with E-state index in [1.165, 1.54) is 4.88 Å². The van der Waals surface area contributed by atoms with Gasteiger partial charge in [0.15, 0.2) is 0 Å². The largest absolute Gasteiger partial charge is 0.133 e. The molecule has 0 amide bonds. The van der Waals surface area contributed by atoms with Gasteiger partial charge in [0.2, 0.25) is 0 Å². The highest BCUT2D eigenvalue weighted by atomic mass is 79.9. The van der Waals surface area contributed by atoms with Crippen molar-refractivity contribution < 1.29 is 0 Å². The molecular formula is C13H11BrCl2S. The maximum Gasteiger partial charge on any atom is 0.0860 e. The Hall–Kier alpha value is -0.0200. The van der Waals surface area contributed by atoms with Crippen LogP contribution < -0.4 is 0 Å². The van der Waals surface area contributed by atoms with Gasteiger partial charge in [-0.15, -0.1) is 22.9 Å². The van der Waals surface area contributed by atoms with Crippen LogP contribution in [0, 0.1) is 13.8 Å². The van der Waals surface area contributed by atoms with E-state index in [0.29, 0.717) is 0 Å². The van der Waals surface area contributed by atoms with Crippen LogP contribution in [0.4, 0.5) is 0 Å². The summed E-state index contributed by atoms with van der Waals surface area (Å²) in [5, 5.41) is 0.539. The highest BCUT2D eigenvalue weighted by molar-refractivity contribution is 9.11. The third-order valence-electron chi connectivity index (χ3n) is 2.63. The first-order valence-electron chi connectivity index (χ1n) is 5.15. The minimum Gasteiger partial charge on any atom is -0.133 e. The molecule has 0 N–H and O–H groups in total. The Morgan fingerprint density at radius 3 is 2.41 bits per heavy atom. The van der Waals surface area contributed by atoms with E-state index < -0.39 is 0 Å². The summed E-state index contributed by atoms with van der Waals surface area (Å²) in [5.41, 5.74) is 3.23. The normalized spacial score (nSPS) is 12.8. The van der Waals surface area contributed by atoms with Gasteiger partial charge < -0.3 is 0 Å². The Balaban J connectivity index is 2.43. The standard InChI is InChI=1S/C13H11BrCl2S/c1-7-3-4-9(11(15)5-7)13(16)10-6-12(14)17-8(10)2/h3-6,13H,1-2H3. The molecule has 1 unspecified atom stereocenters. The van der Waals surface area contributed by atoms with Crippen molar-refractivity contribution in [3.63, 3.8) is 0 Å². The van der Waals surface area contributed by atoms with E-state index in [2.05, 4.69) is 28.9 Å². The molecule has 1 aromatic heterocycles. The maximum atomic E-state index is 6.51. The molecule has 0 aliphatic carbocycles. The average Bonchev–Trinajstić information content (AvgIpc) is 2.57. The second-order valence-corrected chi connectivity index (χ2v) is 7.43. The molecule has 1 aromatic carbocycles. The molecule has 4 heteroatoms. The Morgan fingerprint density at radius 1 is 1.18 bits per heavy atom. The van der Waals surface area contributed by atoms with Gasteiger partial charge in [0.1, 0.15) is 0 Å². The molecule has 0 fully saturated rings. The van der Waals surface area contributed by atoms with Crippen molar-refractivity contribution in [2.24, 2.45) is 0 Å². The fourth-order valence-electron chi connectivity index (χ4n) is 1.72. The summed E-state index contributed by atoms with van der Waals surface area (Å²) in [5.74, 6) is 0. The van der Waals surface area contributed by atoms with Gasteiger partial charge in [0, 0.05) is 9.90 Å². The second-order valence-electron chi connectivity index (χ2n) is 3.95. The summed E-state index contributed by atoms with van der Waals surface area (Å²) in [4.78, 5) is 1.22. The summed E-state index contributed by atoms with van der Waals surface area (Å²) in [6, 6.07) is 8.05. The fraction of sp³-hybridized carbons (Fsp3) is 0.231. The van der Waals surface area contributed by atoms with Crippen molar-refractivity contribution >= 4 is 50.5 Å². The van der Waals surface area contributed by atoms with Crippen LogP contribution in [0.3, 0.4) is 0 Å². The summed E-state index contributed by atoms with van der Waals surface area (Å²) in [6.45, 7) is 4.09. The van der Waals surface area contributed by atoms with Crippen molar-refractivity contribution in [1.29, 1.82) is 0 Å². The Bertz CT molecular complexity index is 548. The highest BCUT2D eigenvalue weighted by Crippen LogP contribution is 2.39. The molecule has 1 heterocycles. The van der Waals surface area contributed by atoms with Crippen LogP contribution in [-0.4, -0.2) is 0 Å². The predicted octanol–water partition coefficient (Wildman–Crippen LogP) is 6.11. The summed E-state index contributed by atoms with van der Waals surface area (Å²) < 4.78 is 1.10. The van der Waals surface area contributed by atoms with Crippen LogP contribution >= 0.6 is 50.5 Å². The zero-order valence-electron chi connectivity index (χ0n) is 9.43. The molecule has 0 nitrogen and oxygen atoms in total. The van der Waals surface area contributed by atoms with E-state index in [9.17, 15) is 0 Å². The summed E-state index contributed by atoms with van der Waals surface area (Å²) >= 11 is 17.9.